The normalized spacial score (nSPS) is 11.8. The van der Waals surface area contributed by atoms with Crippen LogP contribution < -0.4 is 0 Å². The van der Waals surface area contributed by atoms with Crippen molar-refractivity contribution in [2.75, 3.05) is 11.5 Å². The van der Waals surface area contributed by atoms with Crippen molar-refractivity contribution in [3.63, 3.8) is 0 Å². The average Bonchev–Trinajstić information content (AvgIpc) is 3.40. The standard InChI is InChI=1S/C31H32O2S.C31H30O2S/c2*32-29-22-20-25(21-23-29)30(33)19-11-4-12-24-34-31(26-13-5-1-6-14-26,27-15-7-2-8-16-27)28-17-9-3-10-18-28/h1-3,5-10,13-18,20-23,30,32-33H,4,11-12,19,24H2;1-3,5-10,13-18,20-23,32H,4,11-12,19,24H2. The Labute approximate surface area is 412 Å². The molecule has 68 heavy (non-hydrogen) atoms. The molecule has 6 heteroatoms. The fourth-order valence-electron chi connectivity index (χ4n) is 8.82. The van der Waals surface area contributed by atoms with Gasteiger partial charge in [-0.3, -0.25) is 4.79 Å². The van der Waals surface area contributed by atoms with Crippen molar-refractivity contribution in [1.29, 1.82) is 0 Å². The first kappa shape index (κ1) is 49.6. The highest BCUT2D eigenvalue weighted by Crippen LogP contribution is 2.50. The number of unbranched alkanes of at least 4 members (excludes halogenated alkanes) is 4. The molecule has 1 atom stereocenters. The average molecular weight is 935 g/mol. The smallest absolute Gasteiger partial charge is 0.162 e. The van der Waals surface area contributed by atoms with Gasteiger partial charge in [-0.05, 0) is 113 Å². The van der Waals surface area contributed by atoms with Crippen LogP contribution >= 0.6 is 23.5 Å². The van der Waals surface area contributed by atoms with Gasteiger partial charge < -0.3 is 15.3 Å². The van der Waals surface area contributed by atoms with Crippen LogP contribution in [0.25, 0.3) is 0 Å². The Kier molecular flexibility index (Phi) is 18.8. The van der Waals surface area contributed by atoms with Crippen LogP contribution in [-0.4, -0.2) is 32.6 Å². The molecule has 8 aromatic rings. The monoisotopic (exact) mass is 934 g/mol. The van der Waals surface area contributed by atoms with E-state index in [1.165, 1.54) is 33.4 Å². The van der Waals surface area contributed by atoms with E-state index in [2.05, 4.69) is 182 Å². The zero-order chi connectivity index (χ0) is 47.3. The second-order valence-electron chi connectivity index (χ2n) is 17.0. The van der Waals surface area contributed by atoms with Gasteiger partial charge in [0.15, 0.2) is 5.78 Å². The highest BCUT2D eigenvalue weighted by atomic mass is 32.2. The second kappa shape index (κ2) is 25.7. The van der Waals surface area contributed by atoms with Gasteiger partial charge in [-0.1, -0.05) is 213 Å². The maximum absolute atomic E-state index is 12.4. The van der Waals surface area contributed by atoms with E-state index < -0.39 is 6.10 Å². The van der Waals surface area contributed by atoms with Crippen LogP contribution in [0.1, 0.15) is 107 Å². The van der Waals surface area contributed by atoms with Crippen LogP contribution in [0.5, 0.6) is 11.5 Å². The van der Waals surface area contributed by atoms with Crippen molar-refractivity contribution < 1.29 is 20.1 Å². The molecule has 0 fully saturated rings. The van der Waals surface area contributed by atoms with Gasteiger partial charge in [-0.2, -0.15) is 0 Å². The predicted octanol–water partition coefficient (Wildman–Crippen LogP) is 15.6. The van der Waals surface area contributed by atoms with E-state index in [-0.39, 0.29) is 26.8 Å². The fourth-order valence-corrected chi connectivity index (χ4v) is 11.9. The minimum atomic E-state index is -0.481. The molecule has 0 spiro atoms. The number of hydrogen-bond donors (Lipinski definition) is 3. The lowest BCUT2D eigenvalue weighted by Gasteiger charge is -2.35. The second-order valence-corrected chi connectivity index (χ2v) is 19.6. The van der Waals surface area contributed by atoms with Gasteiger partial charge in [0.25, 0.3) is 0 Å². The van der Waals surface area contributed by atoms with Gasteiger partial charge >= 0.3 is 0 Å². The lowest BCUT2D eigenvalue weighted by Crippen LogP contribution is -2.26. The summed E-state index contributed by atoms with van der Waals surface area (Å²) in [4.78, 5) is 12.4. The number of carbonyl (C=O) groups excluding carboxylic acids is 1. The molecule has 0 saturated heterocycles. The number of benzene rings is 8. The molecule has 3 N–H and O–H groups in total. The summed E-state index contributed by atoms with van der Waals surface area (Å²) < 4.78 is -0.555. The van der Waals surface area contributed by atoms with Crippen molar-refractivity contribution in [2.24, 2.45) is 0 Å². The lowest BCUT2D eigenvalue weighted by molar-refractivity contribution is 0.0979. The van der Waals surface area contributed by atoms with Gasteiger partial charge in [0.1, 0.15) is 11.5 Å². The van der Waals surface area contributed by atoms with E-state index in [1.54, 1.807) is 48.5 Å². The van der Waals surface area contributed by atoms with Gasteiger partial charge in [-0.25, -0.2) is 0 Å². The summed E-state index contributed by atoms with van der Waals surface area (Å²) >= 11 is 3.97. The summed E-state index contributed by atoms with van der Waals surface area (Å²) in [5, 5.41) is 29.3. The van der Waals surface area contributed by atoms with Gasteiger partial charge in [0.05, 0.1) is 15.6 Å². The number of thioether (sulfide) groups is 2. The van der Waals surface area contributed by atoms with Crippen molar-refractivity contribution in [2.45, 2.75) is 67.0 Å². The maximum Gasteiger partial charge on any atom is 0.162 e. The molecule has 1 unspecified atom stereocenters. The van der Waals surface area contributed by atoms with E-state index in [9.17, 15) is 20.1 Å². The third-order valence-electron chi connectivity index (χ3n) is 12.4. The Bertz CT molecular complexity index is 2450. The fraction of sp³-hybridized carbons (Fsp3) is 0.210. The minimum absolute atomic E-state index is 0.139. The molecule has 0 aliphatic heterocycles. The highest BCUT2D eigenvalue weighted by Gasteiger charge is 2.37. The number of aromatic hydroxyl groups is 2. The number of phenolic OH excluding ortho intramolecular Hbond substituents is 2. The summed E-state index contributed by atoms with van der Waals surface area (Å²) in [5.74, 6) is 2.57. The van der Waals surface area contributed by atoms with Gasteiger partial charge in [0.2, 0.25) is 0 Å². The number of Topliss-reactive ketones (excluding diaryl/α,β-unsaturated/α-hetero) is 1. The molecule has 4 nitrogen and oxygen atoms in total. The molecule has 0 aliphatic carbocycles. The Balaban J connectivity index is 0.000000201. The van der Waals surface area contributed by atoms with Gasteiger partial charge in [-0.15, -0.1) is 23.5 Å². The van der Waals surface area contributed by atoms with Crippen LogP contribution in [0.15, 0.2) is 231 Å². The lowest BCUT2D eigenvalue weighted by atomic mass is 9.84. The molecule has 8 aromatic carbocycles. The largest absolute Gasteiger partial charge is 0.508 e. The summed E-state index contributed by atoms with van der Waals surface area (Å²) in [5.41, 5.74) is 9.24. The molecule has 0 aromatic heterocycles. The first-order chi connectivity index (χ1) is 33.4. The highest BCUT2D eigenvalue weighted by molar-refractivity contribution is 8.00. The third kappa shape index (κ3) is 13.0. The zero-order valence-electron chi connectivity index (χ0n) is 38.7. The Morgan fingerprint density at radius 1 is 0.382 bits per heavy atom. The molecule has 0 saturated carbocycles. The first-order valence-corrected chi connectivity index (χ1v) is 25.8. The van der Waals surface area contributed by atoms with E-state index in [0.29, 0.717) is 12.0 Å². The number of phenols is 2. The number of hydrogen-bond acceptors (Lipinski definition) is 6. The molecular weight excluding hydrogens is 873 g/mol. The molecule has 0 radical (unpaired) electrons. The van der Waals surface area contributed by atoms with Crippen LogP contribution in [0.3, 0.4) is 0 Å². The van der Waals surface area contributed by atoms with Crippen molar-refractivity contribution >= 4 is 29.3 Å². The van der Waals surface area contributed by atoms with Crippen molar-refractivity contribution in [1.82, 2.24) is 0 Å². The summed E-state index contributed by atoms with van der Waals surface area (Å²) in [6.07, 6.45) is 6.83. The van der Waals surface area contributed by atoms with E-state index in [4.69, 9.17) is 0 Å². The first-order valence-electron chi connectivity index (χ1n) is 23.8. The Hall–Kier alpha value is -6.31. The van der Waals surface area contributed by atoms with Crippen LogP contribution in [0.4, 0.5) is 0 Å². The third-order valence-corrected chi connectivity index (χ3v) is 15.6. The maximum atomic E-state index is 12.4. The van der Waals surface area contributed by atoms with Crippen LogP contribution in [0, 0.1) is 0 Å². The molecule has 0 heterocycles. The number of ketones is 1. The Morgan fingerprint density at radius 3 is 1.03 bits per heavy atom. The summed E-state index contributed by atoms with van der Waals surface area (Å²) in [6.45, 7) is 0. The topological polar surface area (TPSA) is 77.8 Å². The Morgan fingerprint density at radius 2 is 0.691 bits per heavy atom. The summed E-state index contributed by atoms with van der Waals surface area (Å²) in [6, 6.07) is 78.1. The molecule has 0 amide bonds. The molecule has 0 aliphatic rings. The molecule has 8 rings (SSSR count). The number of carbonyl (C=O) groups is 1. The number of aliphatic hydroxyl groups is 1. The molecule has 346 valence electrons. The summed E-state index contributed by atoms with van der Waals surface area (Å²) in [7, 11) is 0. The van der Waals surface area contributed by atoms with E-state index >= 15 is 0 Å². The quantitative estimate of drug-likeness (QED) is 0.0357. The van der Waals surface area contributed by atoms with Crippen LogP contribution in [0.2, 0.25) is 0 Å². The zero-order valence-corrected chi connectivity index (χ0v) is 40.3. The van der Waals surface area contributed by atoms with Crippen molar-refractivity contribution in [3.8, 4) is 11.5 Å². The molecule has 0 bridgehead atoms. The van der Waals surface area contributed by atoms with E-state index in [1.807, 2.05) is 23.5 Å². The number of rotatable bonds is 22. The predicted molar refractivity (Wildman–Crippen MR) is 286 cm³/mol. The van der Waals surface area contributed by atoms with Gasteiger partial charge in [0, 0.05) is 12.0 Å². The SMILES string of the molecule is O=C(CCCCCSC(c1ccccc1)(c1ccccc1)c1ccccc1)c1ccc(O)cc1.Oc1ccc(C(O)CCCCCSC(c2ccccc2)(c2ccccc2)c2ccccc2)cc1. The molecular formula is C62H62O4S2. The number of aliphatic hydroxyl groups excluding tert-OH is 1. The minimum Gasteiger partial charge on any atom is -0.508 e. The van der Waals surface area contributed by atoms with Crippen LogP contribution in [-0.2, 0) is 9.49 Å². The van der Waals surface area contributed by atoms with E-state index in [0.717, 1.165) is 62.0 Å². The van der Waals surface area contributed by atoms with Crippen molar-refractivity contribution in [3.05, 3.63) is 275 Å².